The van der Waals surface area contributed by atoms with Gasteiger partial charge in [-0.05, 0) is 36.6 Å². The summed E-state index contributed by atoms with van der Waals surface area (Å²) in [4.78, 5) is 40.1. The van der Waals surface area contributed by atoms with E-state index in [1.807, 2.05) is 20.8 Å². The number of ether oxygens (including phenoxy) is 2. The number of amides is 2. The van der Waals surface area contributed by atoms with Crippen molar-refractivity contribution in [3.63, 3.8) is 0 Å². The van der Waals surface area contributed by atoms with Gasteiger partial charge < -0.3 is 19.3 Å². The van der Waals surface area contributed by atoms with Crippen LogP contribution in [0.5, 0.6) is 5.75 Å². The Morgan fingerprint density at radius 1 is 0.966 bits per heavy atom. The predicted octanol–water partition coefficient (Wildman–Crippen LogP) is 3.38. The fourth-order valence-corrected chi connectivity index (χ4v) is 2.95. The van der Waals surface area contributed by atoms with Gasteiger partial charge in [-0.25, -0.2) is 4.79 Å². The minimum Gasteiger partial charge on any atom is -0.494 e. The molecule has 160 valence electrons. The summed E-state index contributed by atoms with van der Waals surface area (Å²) in [6, 6.07) is 7.03. The van der Waals surface area contributed by atoms with Crippen LogP contribution in [0.2, 0.25) is 0 Å². The Bertz CT molecular complexity index is 679. The Hall–Kier alpha value is -2.57. The van der Waals surface area contributed by atoms with Crippen LogP contribution in [0, 0.1) is 5.92 Å². The maximum Gasteiger partial charge on any atom is 0.409 e. The summed E-state index contributed by atoms with van der Waals surface area (Å²) in [7, 11) is 0. The summed E-state index contributed by atoms with van der Waals surface area (Å²) in [5.74, 6) is 0.913. The Morgan fingerprint density at radius 2 is 1.59 bits per heavy atom. The molecule has 0 spiro atoms. The Morgan fingerprint density at radius 3 is 2.17 bits per heavy atom. The minimum atomic E-state index is -0.327. The lowest BCUT2D eigenvalue weighted by atomic mass is 10.1. The lowest BCUT2D eigenvalue weighted by Crippen LogP contribution is -2.50. The number of rotatable bonds is 9. The first-order valence-electron chi connectivity index (χ1n) is 10.4. The van der Waals surface area contributed by atoms with Crippen LogP contribution in [0.15, 0.2) is 24.3 Å². The number of hydrogen-bond donors (Lipinski definition) is 0. The first kappa shape index (κ1) is 22.7. The first-order valence-corrected chi connectivity index (χ1v) is 10.4. The van der Waals surface area contributed by atoms with Crippen molar-refractivity contribution in [3.05, 3.63) is 29.8 Å². The second-order valence-corrected chi connectivity index (χ2v) is 7.63. The van der Waals surface area contributed by atoms with E-state index in [4.69, 9.17) is 9.47 Å². The molecule has 1 saturated heterocycles. The molecule has 0 aromatic heterocycles. The molecule has 7 nitrogen and oxygen atoms in total. The normalized spacial score (nSPS) is 14.1. The number of nitrogens with zero attached hydrogens (tertiary/aromatic N) is 2. The van der Waals surface area contributed by atoms with E-state index in [1.165, 1.54) is 0 Å². The molecule has 0 N–H and O–H groups in total. The number of piperazine rings is 1. The third-order valence-corrected chi connectivity index (χ3v) is 4.65. The molecule has 1 aliphatic heterocycles. The molecular weight excluding hydrogens is 372 g/mol. The highest BCUT2D eigenvalue weighted by atomic mass is 16.6. The van der Waals surface area contributed by atoms with Gasteiger partial charge in [-0.15, -0.1) is 0 Å². The second kappa shape index (κ2) is 11.4. The number of benzene rings is 1. The van der Waals surface area contributed by atoms with Gasteiger partial charge in [0.15, 0.2) is 5.78 Å². The molecule has 2 rings (SSSR count). The number of carbonyl (C=O) groups is 3. The quantitative estimate of drug-likeness (QED) is 0.590. The maximum absolute atomic E-state index is 12.4. The van der Waals surface area contributed by atoms with Crippen LogP contribution in [-0.2, 0) is 9.53 Å². The third kappa shape index (κ3) is 7.40. The number of Topliss-reactive ketones (excluding diaryl/α,β-unsaturated/α-hetero) is 1. The van der Waals surface area contributed by atoms with Gasteiger partial charge in [0.25, 0.3) is 0 Å². The van der Waals surface area contributed by atoms with Crippen molar-refractivity contribution in [1.82, 2.24) is 9.80 Å². The molecule has 1 aliphatic rings. The molecule has 2 amide bonds. The van der Waals surface area contributed by atoms with E-state index in [2.05, 4.69) is 0 Å². The van der Waals surface area contributed by atoms with Crippen LogP contribution >= 0.6 is 0 Å². The zero-order valence-electron chi connectivity index (χ0n) is 17.7. The average molecular weight is 405 g/mol. The van der Waals surface area contributed by atoms with Crippen molar-refractivity contribution < 1.29 is 23.9 Å². The second-order valence-electron chi connectivity index (χ2n) is 7.63. The van der Waals surface area contributed by atoms with E-state index >= 15 is 0 Å². The molecule has 0 bridgehead atoms. The molecule has 1 fully saturated rings. The smallest absolute Gasteiger partial charge is 0.409 e. The average Bonchev–Trinajstić information content (AvgIpc) is 2.74. The zero-order valence-corrected chi connectivity index (χ0v) is 17.7. The van der Waals surface area contributed by atoms with Crippen molar-refractivity contribution in [2.75, 3.05) is 39.4 Å². The standard InChI is InChI=1S/C22H32N2O5/c1-4-15-28-19-7-5-18(6-8-19)20(25)9-10-21(26)23-11-13-24(14-12-23)22(27)29-16-17(2)3/h5-8,17H,4,9-16H2,1-3H3. The van der Waals surface area contributed by atoms with Gasteiger partial charge in [0.1, 0.15) is 5.75 Å². The summed E-state index contributed by atoms with van der Waals surface area (Å²) in [5.41, 5.74) is 0.583. The monoisotopic (exact) mass is 404 g/mol. The first-order chi connectivity index (χ1) is 13.9. The molecule has 29 heavy (non-hydrogen) atoms. The number of ketones is 1. The van der Waals surface area contributed by atoms with Gasteiger partial charge in [-0.2, -0.15) is 0 Å². The SMILES string of the molecule is CCCOc1ccc(C(=O)CCC(=O)N2CCN(C(=O)OCC(C)C)CC2)cc1. The van der Waals surface area contributed by atoms with Gasteiger partial charge in [-0.1, -0.05) is 20.8 Å². The zero-order chi connectivity index (χ0) is 21.2. The van der Waals surface area contributed by atoms with Crippen LogP contribution in [0.3, 0.4) is 0 Å². The van der Waals surface area contributed by atoms with Crippen molar-refractivity contribution in [2.45, 2.75) is 40.0 Å². The Labute approximate surface area is 172 Å². The Balaban J connectivity index is 1.72. The van der Waals surface area contributed by atoms with Crippen molar-refractivity contribution in [3.8, 4) is 5.75 Å². The molecule has 1 aromatic rings. The summed E-state index contributed by atoms with van der Waals surface area (Å²) >= 11 is 0. The predicted molar refractivity (Wildman–Crippen MR) is 110 cm³/mol. The lowest BCUT2D eigenvalue weighted by molar-refractivity contribution is -0.132. The Kier molecular flexibility index (Phi) is 8.96. The topological polar surface area (TPSA) is 76.2 Å². The van der Waals surface area contributed by atoms with E-state index in [9.17, 15) is 14.4 Å². The van der Waals surface area contributed by atoms with Gasteiger partial charge in [0, 0.05) is 44.6 Å². The molecular formula is C22H32N2O5. The molecule has 0 unspecified atom stereocenters. The molecule has 1 heterocycles. The highest BCUT2D eigenvalue weighted by Crippen LogP contribution is 2.15. The van der Waals surface area contributed by atoms with Crippen LogP contribution in [0.25, 0.3) is 0 Å². The van der Waals surface area contributed by atoms with Crippen LogP contribution < -0.4 is 4.74 Å². The maximum atomic E-state index is 12.4. The summed E-state index contributed by atoms with van der Waals surface area (Å²) in [5, 5.41) is 0. The molecule has 0 aliphatic carbocycles. The fourth-order valence-electron chi connectivity index (χ4n) is 2.95. The highest BCUT2D eigenvalue weighted by molar-refractivity contribution is 5.98. The highest BCUT2D eigenvalue weighted by Gasteiger charge is 2.25. The molecule has 0 atom stereocenters. The number of carbonyl (C=O) groups excluding carboxylic acids is 3. The van der Waals surface area contributed by atoms with Crippen molar-refractivity contribution in [2.24, 2.45) is 5.92 Å². The van der Waals surface area contributed by atoms with Gasteiger partial charge in [0.2, 0.25) is 5.91 Å². The van der Waals surface area contributed by atoms with E-state index in [0.29, 0.717) is 50.9 Å². The van der Waals surface area contributed by atoms with Crippen LogP contribution in [-0.4, -0.2) is 67.0 Å². The van der Waals surface area contributed by atoms with E-state index in [-0.39, 0.29) is 30.6 Å². The molecule has 1 aromatic carbocycles. The summed E-state index contributed by atoms with van der Waals surface area (Å²) in [6.45, 7) is 8.88. The molecule has 7 heteroatoms. The molecule has 0 saturated carbocycles. The van der Waals surface area contributed by atoms with Gasteiger partial charge >= 0.3 is 6.09 Å². The van der Waals surface area contributed by atoms with Crippen LogP contribution in [0.4, 0.5) is 4.79 Å². The van der Waals surface area contributed by atoms with E-state index < -0.39 is 0 Å². The van der Waals surface area contributed by atoms with Gasteiger partial charge in [0.05, 0.1) is 13.2 Å². The van der Waals surface area contributed by atoms with Crippen LogP contribution in [0.1, 0.15) is 50.4 Å². The van der Waals surface area contributed by atoms with E-state index in [0.717, 1.165) is 12.2 Å². The molecule has 0 radical (unpaired) electrons. The minimum absolute atomic E-state index is 0.0588. The van der Waals surface area contributed by atoms with Crippen molar-refractivity contribution in [1.29, 1.82) is 0 Å². The number of hydrogen-bond acceptors (Lipinski definition) is 5. The van der Waals surface area contributed by atoms with Gasteiger partial charge in [-0.3, -0.25) is 9.59 Å². The van der Waals surface area contributed by atoms with E-state index in [1.54, 1.807) is 34.1 Å². The fraction of sp³-hybridized carbons (Fsp3) is 0.591. The lowest BCUT2D eigenvalue weighted by Gasteiger charge is -2.34. The summed E-state index contributed by atoms with van der Waals surface area (Å²) in [6.07, 6.45) is 0.943. The van der Waals surface area contributed by atoms with Crippen molar-refractivity contribution >= 4 is 17.8 Å². The summed E-state index contributed by atoms with van der Waals surface area (Å²) < 4.78 is 10.7. The largest absolute Gasteiger partial charge is 0.494 e. The third-order valence-electron chi connectivity index (χ3n) is 4.65.